The van der Waals surface area contributed by atoms with Crippen LogP contribution < -0.4 is 16.4 Å². The predicted octanol–water partition coefficient (Wildman–Crippen LogP) is 15.1. The molecule has 10 nitrogen and oxygen atoms in total. The second kappa shape index (κ2) is 37.2. The molecule has 6 aromatic carbocycles. The second-order valence-corrected chi connectivity index (χ2v) is 23.5. The highest BCUT2D eigenvalue weighted by Gasteiger charge is 2.26. The molecule has 2 aliphatic heterocycles. The monoisotopic (exact) mass is 1150 g/mol. The number of urea groups is 1. The highest BCUT2D eigenvalue weighted by Crippen LogP contribution is 2.27. The first-order valence-electron chi connectivity index (χ1n) is 29.7. The number of hydrogen-bond acceptors (Lipinski definition) is 6. The van der Waals surface area contributed by atoms with Crippen molar-refractivity contribution in [3.63, 3.8) is 0 Å². The van der Waals surface area contributed by atoms with Gasteiger partial charge in [0.2, 0.25) is 0 Å². The molecule has 0 unspecified atom stereocenters. The van der Waals surface area contributed by atoms with Crippen LogP contribution in [0.5, 0.6) is 0 Å². The third-order valence-corrected chi connectivity index (χ3v) is 14.1. The van der Waals surface area contributed by atoms with Gasteiger partial charge >= 0.3 is 6.03 Å². The number of nitrogens with one attached hydrogen (secondary N) is 2. The van der Waals surface area contributed by atoms with E-state index in [9.17, 15) is 14.4 Å². The van der Waals surface area contributed by atoms with Crippen molar-refractivity contribution in [2.75, 3.05) is 44.3 Å². The van der Waals surface area contributed by atoms with Crippen LogP contribution in [0.25, 0.3) is 0 Å². The molecule has 12 heteroatoms. The van der Waals surface area contributed by atoms with E-state index in [1.54, 1.807) is 7.05 Å². The van der Waals surface area contributed by atoms with Gasteiger partial charge in [-0.15, -0.1) is 0 Å². The number of carbonyl (C=O) groups excluding carboxylic acids is 3. The molecule has 4 N–H and O–H groups in total. The van der Waals surface area contributed by atoms with Crippen LogP contribution in [0.2, 0.25) is 0 Å². The minimum Gasteiger partial charge on any atom is -0.399 e. The van der Waals surface area contributed by atoms with Crippen molar-refractivity contribution in [2.45, 2.75) is 159 Å². The van der Waals surface area contributed by atoms with Crippen molar-refractivity contribution >= 4 is 56.2 Å². The molecule has 0 aromatic heterocycles. The van der Waals surface area contributed by atoms with Gasteiger partial charge in [-0.3, -0.25) is 19.4 Å². The number of benzene rings is 6. The SMILES string of the molecule is CC(C)C.CC(C)C.CC(C)N(CCCCc1ccccc1)C(=O)c1ccccc1CN1CCc2ccc(N)cc2C1.CNC(=O)Nc1ccc2c(c1)CN(Cc1ccccc1C(=O)N(CCCCc1ccccc1)C(C)C)CC2.S.S. The van der Waals surface area contributed by atoms with E-state index in [4.69, 9.17) is 5.73 Å². The Morgan fingerprint density at radius 1 is 0.500 bits per heavy atom. The molecule has 4 amide bonds. The first-order valence-corrected chi connectivity index (χ1v) is 29.7. The van der Waals surface area contributed by atoms with E-state index < -0.39 is 0 Å². The summed E-state index contributed by atoms with van der Waals surface area (Å²) in [5.41, 5.74) is 19.4. The molecule has 0 spiro atoms. The number of anilines is 2. The van der Waals surface area contributed by atoms with Gasteiger partial charge in [-0.2, -0.15) is 27.0 Å². The normalized spacial score (nSPS) is 12.6. The average Bonchev–Trinajstić information content (AvgIpc) is 3.48. The molecule has 0 fully saturated rings. The van der Waals surface area contributed by atoms with E-state index in [0.29, 0.717) is 6.54 Å². The van der Waals surface area contributed by atoms with Gasteiger partial charge < -0.3 is 26.2 Å². The van der Waals surface area contributed by atoms with Crippen LogP contribution >= 0.6 is 27.0 Å². The second-order valence-electron chi connectivity index (χ2n) is 23.5. The lowest BCUT2D eigenvalue weighted by Gasteiger charge is -2.31. The number of hydrogen-bond donors (Lipinski definition) is 3. The molecule has 2 aliphatic rings. The number of nitrogen functional groups attached to an aromatic ring is 1. The van der Waals surface area contributed by atoms with Crippen LogP contribution in [0, 0.1) is 11.8 Å². The van der Waals surface area contributed by atoms with Gasteiger partial charge in [0.1, 0.15) is 0 Å². The Labute approximate surface area is 508 Å². The Morgan fingerprint density at radius 3 is 1.30 bits per heavy atom. The molecule has 0 atom stereocenters. The fourth-order valence-electron chi connectivity index (χ4n) is 10.0. The summed E-state index contributed by atoms with van der Waals surface area (Å²) in [6.45, 7) is 28.1. The zero-order valence-corrected chi connectivity index (χ0v) is 53.6. The Morgan fingerprint density at radius 2 is 0.890 bits per heavy atom. The quantitative estimate of drug-likeness (QED) is 0.0550. The maximum atomic E-state index is 13.7. The molecule has 6 aromatic rings. The number of nitrogens with zero attached hydrogens (tertiary/aromatic N) is 4. The smallest absolute Gasteiger partial charge is 0.318 e. The van der Waals surface area contributed by atoms with Gasteiger partial charge in [-0.25, -0.2) is 4.79 Å². The summed E-state index contributed by atoms with van der Waals surface area (Å²) in [6.07, 6.45) is 8.19. The number of amides is 4. The lowest BCUT2D eigenvalue weighted by molar-refractivity contribution is 0.0691. The largest absolute Gasteiger partial charge is 0.399 e. The van der Waals surface area contributed by atoms with Crippen molar-refractivity contribution in [2.24, 2.45) is 11.8 Å². The van der Waals surface area contributed by atoms with E-state index in [1.807, 2.05) is 64.4 Å². The van der Waals surface area contributed by atoms with Crippen LogP contribution in [0.3, 0.4) is 0 Å². The van der Waals surface area contributed by atoms with Crippen molar-refractivity contribution < 1.29 is 14.4 Å². The average molecular weight is 1150 g/mol. The number of carbonyl (C=O) groups is 3. The van der Waals surface area contributed by atoms with E-state index in [-0.39, 0.29) is 56.9 Å². The fourth-order valence-corrected chi connectivity index (χ4v) is 10.0. The molecule has 446 valence electrons. The molecule has 82 heavy (non-hydrogen) atoms. The van der Waals surface area contributed by atoms with E-state index in [0.717, 1.165) is 143 Å². The van der Waals surface area contributed by atoms with Crippen LogP contribution in [0.15, 0.2) is 146 Å². The molecule has 8 rings (SSSR count). The maximum Gasteiger partial charge on any atom is 0.318 e. The summed E-state index contributed by atoms with van der Waals surface area (Å²) >= 11 is 0. The number of aryl methyl sites for hydroxylation is 2. The topological polar surface area (TPSA) is 114 Å². The fraction of sp³-hybridized carbons (Fsp3) is 0.443. The number of nitrogens with two attached hydrogens (primary N) is 1. The van der Waals surface area contributed by atoms with E-state index in [1.165, 1.54) is 33.4 Å². The molecular weight excluding hydrogens is 1050 g/mol. The Bertz CT molecular complexity index is 2790. The highest BCUT2D eigenvalue weighted by atomic mass is 32.1. The number of rotatable bonds is 19. The van der Waals surface area contributed by atoms with Gasteiger partial charge in [0.25, 0.3) is 11.8 Å². The molecule has 0 saturated carbocycles. The third kappa shape index (κ3) is 24.0. The minimum atomic E-state index is -0.222. The number of fused-ring (bicyclic) bond motifs is 2. The molecule has 0 bridgehead atoms. The van der Waals surface area contributed by atoms with Gasteiger partial charge in [-0.05, 0) is 172 Å². The molecule has 0 aliphatic carbocycles. The molecule has 0 radical (unpaired) electrons. The summed E-state index contributed by atoms with van der Waals surface area (Å²) in [6, 6.07) is 49.7. The predicted molar refractivity (Wildman–Crippen MR) is 357 cm³/mol. The van der Waals surface area contributed by atoms with Crippen LogP contribution in [0.4, 0.5) is 16.2 Å². The van der Waals surface area contributed by atoms with Gasteiger partial charge in [0.15, 0.2) is 0 Å². The van der Waals surface area contributed by atoms with Crippen LogP contribution in [-0.2, 0) is 51.9 Å². The van der Waals surface area contributed by atoms with Crippen LogP contribution in [-0.4, -0.2) is 82.8 Å². The lowest BCUT2D eigenvalue weighted by atomic mass is 9.97. The zero-order valence-electron chi connectivity index (χ0n) is 51.6. The maximum absolute atomic E-state index is 13.7. The summed E-state index contributed by atoms with van der Waals surface area (Å²) in [7, 11) is 1.61. The van der Waals surface area contributed by atoms with Gasteiger partial charge in [-0.1, -0.05) is 151 Å². The van der Waals surface area contributed by atoms with Gasteiger partial charge in [0.05, 0.1) is 0 Å². The summed E-state index contributed by atoms with van der Waals surface area (Å²) in [4.78, 5) is 48.0. The first-order chi connectivity index (χ1) is 38.4. The van der Waals surface area contributed by atoms with Crippen molar-refractivity contribution in [3.05, 3.63) is 201 Å². The number of unbranched alkanes of at least 4 members (excludes halogenated alkanes) is 2. The molecule has 0 saturated heterocycles. The Balaban J connectivity index is 0.000000374. The van der Waals surface area contributed by atoms with E-state index in [2.05, 4.69) is 181 Å². The lowest BCUT2D eigenvalue weighted by Crippen LogP contribution is -2.39. The zero-order chi connectivity index (χ0) is 58.0. The minimum absolute atomic E-state index is 0. The van der Waals surface area contributed by atoms with Crippen molar-refractivity contribution in [1.29, 1.82) is 0 Å². The first kappa shape index (κ1) is 70.2. The standard InChI is InChI=1S/C32H40N4O2.C30H37N3O.2C4H10.2H2S/c1-24(2)36(19-10-9-13-25-11-5-4-6-12-25)31(37)30-15-8-7-14-27(30)22-35-20-18-26-16-17-29(21-28(26)23-35)34-32(38)33-3;1-23(2)33(18-9-8-12-24-10-4-3-5-11-24)30(34)29-14-7-6-13-26(29)21-32-19-17-25-15-16-28(31)20-27(25)22-32;2*1-4(2)3;;/h4-8,11-12,14-17,21,24H,9-10,13,18-20,22-23H2,1-3H3,(H2,33,34,38);3-7,10-11,13-16,20,23H,8-9,12,17-19,21-22,31H2,1-2H3;2*4H,1-3H3;2*1H2. The summed E-state index contributed by atoms with van der Waals surface area (Å²) in [5, 5.41) is 5.46. The summed E-state index contributed by atoms with van der Waals surface area (Å²) < 4.78 is 0. The van der Waals surface area contributed by atoms with Crippen molar-refractivity contribution in [1.82, 2.24) is 24.9 Å². The van der Waals surface area contributed by atoms with Gasteiger partial charge in [0, 0.05) is 94.0 Å². The molecule has 2 heterocycles. The van der Waals surface area contributed by atoms with Crippen molar-refractivity contribution in [3.8, 4) is 0 Å². The molecular formula is C70H101N7O3S2. The van der Waals surface area contributed by atoms with E-state index >= 15 is 0 Å². The third-order valence-electron chi connectivity index (χ3n) is 14.1. The Kier molecular flexibility index (Phi) is 31.9. The Hall–Kier alpha value is -6.05. The highest BCUT2D eigenvalue weighted by molar-refractivity contribution is 7.59. The van der Waals surface area contributed by atoms with Crippen LogP contribution in [0.1, 0.15) is 160 Å². The summed E-state index contributed by atoms with van der Waals surface area (Å²) in [5.74, 6) is 1.93.